The van der Waals surface area contributed by atoms with E-state index in [0.29, 0.717) is 10.7 Å². The quantitative estimate of drug-likeness (QED) is 0.805. The molecule has 110 valence electrons. The first kappa shape index (κ1) is 15.5. The van der Waals surface area contributed by atoms with Gasteiger partial charge < -0.3 is 9.80 Å². The van der Waals surface area contributed by atoms with Crippen LogP contribution in [0, 0.1) is 0 Å². The Morgan fingerprint density at radius 2 is 2.05 bits per heavy atom. The lowest BCUT2D eigenvalue weighted by Gasteiger charge is -2.36. The zero-order chi connectivity index (χ0) is 14.7. The van der Waals surface area contributed by atoms with Crippen LogP contribution in [0.3, 0.4) is 0 Å². The molecule has 0 aromatic carbocycles. The highest BCUT2D eigenvalue weighted by Crippen LogP contribution is 2.21. The third kappa shape index (κ3) is 3.43. The molecule has 2 heterocycles. The number of carbonyl (C=O) groups is 1. The van der Waals surface area contributed by atoms with E-state index in [4.69, 9.17) is 23.2 Å². The highest BCUT2D eigenvalue weighted by molar-refractivity contribution is 6.34. The van der Waals surface area contributed by atoms with Gasteiger partial charge >= 0.3 is 0 Å². The summed E-state index contributed by atoms with van der Waals surface area (Å²) in [6.07, 6.45) is 1.99. The molecule has 1 saturated heterocycles. The van der Waals surface area contributed by atoms with Gasteiger partial charge in [0, 0.05) is 26.2 Å². The summed E-state index contributed by atoms with van der Waals surface area (Å²) in [5.74, 6) is -0.0888. The summed E-state index contributed by atoms with van der Waals surface area (Å²) in [7, 11) is 1.83. The van der Waals surface area contributed by atoms with E-state index < -0.39 is 0 Å². The molecule has 4 nitrogen and oxygen atoms in total. The van der Waals surface area contributed by atoms with Crippen molar-refractivity contribution in [2.45, 2.75) is 25.8 Å². The van der Waals surface area contributed by atoms with Crippen molar-refractivity contribution in [1.82, 2.24) is 14.8 Å². The predicted octanol–water partition coefficient (Wildman–Crippen LogP) is 2.94. The zero-order valence-electron chi connectivity index (χ0n) is 11.8. The minimum Gasteiger partial charge on any atom is -0.339 e. The first-order chi connectivity index (χ1) is 9.52. The third-order valence-corrected chi connectivity index (χ3v) is 4.42. The molecule has 0 unspecified atom stereocenters. The summed E-state index contributed by atoms with van der Waals surface area (Å²) in [6, 6.07) is 3.49. The molecule has 6 heteroatoms. The number of likely N-dealkylation sites (tertiary alicyclic amines) is 1. The van der Waals surface area contributed by atoms with Crippen molar-refractivity contribution in [2.24, 2.45) is 0 Å². The minimum atomic E-state index is -0.0888. The Balaban J connectivity index is 2.05. The maximum absolute atomic E-state index is 12.5. The molecule has 0 N–H and O–H groups in total. The molecule has 1 amide bonds. The number of amides is 1. The van der Waals surface area contributed by atoms with E-state index in [2.05, 4.69) is 16.8 Å². The van der Waals surface area contributed by atoms with Gasteiger partial charge in [0.15, 0.2) is 0 Å². The van der Waals surface area contributed by atoms with Crippen molar-refractivity contribution < 1.29 is 4.79 Å². The number of pyridine rings is 1. The lowest BCUT2D eigenvalue weighted by atomic mass is 10.0. The lowest BCUT2D eigenvalue weighted by Crippen LogP contribution is -2.45. The Kier molecular flexibility index (Phi) is 5.24. The highest BCUT2D eigenvalue weighted by Gasteiger charge is 2.26. The van der Waals surface area contributed by atoms with Crippen LogP contribution in [0.25, 0.3) is 0 Å². The molecule has 0 spiro atoms. The molecule has 1 aromatic rings. The molecule has 0 saturated carbocycles. The van der Waals surface area contributed by atoms with Gasteiger partial charge in [-0.25, -0.2) is 4.98 Å². The van der Waals surface area contributed by atoms with Crippen LogP contribution < -0.4 is 0 Å². The Morgan fingerprint density at radius 1 is 1.40 bits per heavy atom. The molecule has 0 radical (unpaired) electrons. The van der Waals surface area contributed by atoms with E-state index in [1.165, 1.54) is 0 Å². The average molecular weight is 316 g/mol. The Labute approximate surface area is 129 Å². The monoisotopic (exact) mass is 315 g/mol. The Morgan fingerprint density at radius 3 is 2.60 bits per heavy atom. The van der Waals surface area contributed by atoms with E-state index in [-0.39, 0.29) is 17.1 Å². The summed E-state index contributed by atoms with van der Waals surface area (Å²) < 4.78 is 0. The SMILES string of the molecule is CCN1CCC(N(C)C(=O)c2ccc(Cl)nc2Cl)CC1. The standard InChI is InChI=1S/C14H19Cl2N3O/c1-3-19-8-6-10(7-9-19)18(2)14(20)11-4-5-12(15)17-13(11)16/h4-5,10H,3,6-9H2,1-2H3. The molecule has 0 aliphatic carbocycles. The number of piperidine rings is 1. The fourth-order valence-electron chi connectivity index (χ4n) is 2.55. The largest absolute Gasteiger partial charge is 0.339 e. The molecule has 1 aliphatic rings. The van der Waals surface area contributed by atoms with E-state index in [1.807, 2.05) is 7.05 Å². The smallest absolute Gasteiger partial charge is 0.256 e. The van der Waals surface area contributed by atoms with Gasteiger partial charge in [-0.2, -0.15) is 0 Å². The number of nitrogens with zero attached hydrogens (tertiary/aromatic N) is 3. The molecule has 1 aromatic heterocycles. The lowest BCUT2D eigenvalue weighted by molar-refractivity contribution is 0.0646. The van der Waals surface area contributed by atoms with Gasteiger partial charge in [-0.3, -0.25) is 4.79 Å². The fraction of sp³-hybridized carbons (Fsp3) is 0.571. The van der Waals surface area contributed by atoms with Crippen molar-refractivity contribution in [3.63, 3.8) is 0 Å². The number of hydrogen-bond donors (Lipinski definition) is 0. The predicted molar refractivity (Wildman–Crippen MR) is 81.5 cm³/mol. The van der Waals surface area contributed by atoms with Crippen molar-refractivity contribution in [3.8, 4) is 0 Å². The zero-order valence-corrected chi connectivity index (χ0v) is 13.3. The molecule has 2 rings (SSSR count). The van der Waals surface area contributed by atoms with Crippen LogP contribution in [0.1, 0.15) is 30.1 Å². The van der Waals surface area contributed by atoms with Gasteiger partial charge in [0.1, 0.15) is 10.3 Å². The topological polar surface area (TPSA) is 36.4 Å². The fourth-order valence-corrected chi connectivity index (χ4v) is 2.98. The van der Waals surface area contributed by atoms with Crippen LogP contribution in [0.4, 0.5) is 0 Å². The summed E-state index contributed by atoms with van der Waals surface area (Å²) in [4.78, 5) is 20.6. The molecule has 0 bridgehead atoms. The molecule has 0 atom stereocenters. The molecule has 1 fully saturated rings. The summed E-state index contributed by atoms with van der Waals surface area (Å²) in [5, 5.41) is 0.464. The van der Waals surface area contributed by atoms with Crippen molar-refractivity contribution in [1.29, 1.82) is 0 Å². The number of halogens is 2. The Bertz CT molecular complexity index is 487. The summed E-state index contributed by atoms with van der Waals surface area (Å²) in [5.41, 5.74) is 0.413. The first-order valence-electron chi connectivity index (χ1n) is 6.84. The average Bonchev–Trinajstić information content (AvgIpc) is 2.46. The second kappa shape index (κ2) is 6.74. The number of hydrogen-bond acceptors (Lipinski definition) is 3. The van der Waals surface area contributed by atoms with Crippen LogP contribution >= 0.6 is 23.2 Å². The second-order valence-corrected chi connectivity index (χ2v) is 5.80. The molecule has 20 heavy (non-hydrogen) atoms. The van der Waals surface area contributed by atoms with Crippen LogP contribution in [0.5, 0.6) is 0 Å². The van der Waals surface area contributed by atoms with Crippen molar-refractivity contribution in [2.75, 3.05) is 26.7 Å². The minimum absolute atomic E-state index is 0.0888. The van der Waals surface area contributed by atoms with Gasteiger partial charge in [-0.05, 0) is 31.5 Å². The maximum atomic E-state index is 12.5. The van der Waals surface area contributed by atoms with Crippen LogP contribution in [0.15, 0.2) is 12.1 Å². The van der Waals surface area contributed by atoms with E-state index in [9.17, 15) is 4.79 Å². The van der Waals surface area contributed by atoms with Gasteiger partial charge in [0.2, 0.25) is 0 Å². The van der Waals surface area contributed by atoms with Gasteiger partial charge in [-0.15, -0.1) is 0 Å². The van der Waals surface area contributed by atoms with Gasteiger partial charge in [-0.1, -0.05) is 30.1 Å². The van der Waals surface area contributed by atoms with Gasteiger partial charge in [0.25, 0.3) is 5.91 Å². The maximum Gasteiger partial charge on any atom is 0.256 e. The number of aromatic nitrogens is 1. The van der Waals surface area contributed by atoms with E-state index in [1.54, 1.807) is 17.0 Å². The number of rotatable bonds is 3. The molecular weight excluding hydrogens is 297 g/mol. The summed E-state index contributed by atoms with van der Waals surface area (Å²) >= 11 is 11.8. The van der Waals surface area contributed by atoms with Crippen LogP contribution in [0.2, 0.25) is 10.3 Å². The van der Waals surface area contributed by atoms with Crippen molar-refractivity contribution in [3.05, 3.63) is 28.0 Å². The molecular formula is C14H19Cl2N3O. The first-order valence-corrected chi connectivity index (χ1v) is 7.60. The van der Waals surface area contributed by atoms with Crippen LogP contribution in [-0.4, -0.2) is 53.4 Å². The molecule has 1 aliphatic heterocycles. The number of carbonyl (C=O) groups excluding carboxylic acids is 1. The normalized spacial score (nSPS) is 17.2. The second-order valence-electron chi connectivity index (χ2n) is 5.05. The van der Waals surface area contributed by atoms with Gasteiger partial charge in [0.05, 0.1) is 5.56 Å². The highest BCUT2D eigenvalue weighted by atomic mass is 35.5. The van der Waals surface area contributed by atoms with Crippen molar-refractivity contribution >= 4 is 29.1 Å². The Hall–Kier alpha value is -0.840. The third-order valence-electron chi connectivity index (χ3n) is 3.92. The summed E-state index contributed by atoms with van der Waals surface area (Å²) in [6.45, 7) is 5.29. The van der Waals surface area contributed by atoms with Crippen LogP contribution in [-0.2, 0) is 0 Å². The van der Waals surface area contributed by atoms with E-state index >= 15 is 0 Å². The van der Waals surface area contributed by atoms with E-state index in [0.717, 1.165) is 32.5 Å².